The fraction of sp³-hybridized carbons (Fsp3) is 0.250. The first-order chi connectivity index (χ1) is 11.2. The zero-order chi connectivity index (χ0) is 17.5. The van der Waals surface area contributed by atoms with Crippen LogP contribution in [0.3, 0.4) is 0 Å². The lowest BCUT2D eigenvalue weighted by molar-refractivity contribution is -0.287. The number of halogens is 4. The topological polar surface area (TPSA) is 36.9 Å². The van der Waals surface area contributed by atoms with E-state index in [4.69, 9.17) is 0 Å². The molecule has 4 rings (SSSR count). The summed E-state index contributed by atoms with van der Waals surface area (Å²) in [6.07, 6.45) is -7.01. The highest BCUT2D eigenvalue weighted by Crippen LogP contribution is 2.43. The Balaban J connectivity index is 0.000000141. The quantitative estimate of drug-likeness (QED) is 0.653. The molecule has 0 aliphatic carbocycles. The third-order valence-electron chi connectivity index (χ3n) is 3.18. The molecule has 0 aromatic heterocycles. The first-order valence-electron chi connectivity index (χ1n) is 6.87. The lowest BCUT2D eigenvalue weighted by atomic mass is 10.2. The molecule has 8 heteroatoms. The molecule has 2 heterocycles. The van der Waals surface area contributed by atoms with E-state index < -0.39 is 12.6 Å². The van der Waals surface area contributed by atoms with Gasteiger partial charge in [0.2, 0.25) is 0 Å². The second-order valence-corrected chi connectivity index (χ2v) is 5.19. The van der Waals surface area contributed by atoms with Crippen LogP contribution in [0.15, 0.2) is 36.4 Å². The molecular formula is C16H12F4O4. The Morgan fingerprint density at radius 3 is 2.04 bits per heavy atom. The Kier molecular flexibility index (Phi) is 3.70. The van der Waals surface area contributed by atoms with Crippen molar-refractivity contribution >= 4 is 0 Å². The highest BCUT2D eigenvalue weighted by atomic mass is 19.3. The highest BCUT2D eigenvalue weighted by molar-refractivity contribution is 5.48. The van der Waals surface area contributed by atoms with Crippen molar-refractivity contribution in [3.63, 3.8) is 0 Å². The summed E-state index contributed by atoms with van der Waals surface area (Å²) in [6, 6.07) is 9.43. The van der Waals surface area contributed by atoms with Crippen LogP contribution in [0.25, 0.3) is 0 Å². The minimum Gasteiger partial charge on any atom is -0.395 e. The predicted molar refractivity (Wildman–Crippen MR) is 74.8 cm³/mol. The number of rotatable bonds is 0. The average Bonchev–Trinajstić information content (AvgIpc) is 2.93. The Morgan fingerprint density at radius 2 is 1.33 bits per heavy atom. The number of ether oxygens (including phenoxy) is 4. The Hall–Kier alpha value is -2.64. The summed E-state index contributed by atoms with van der Waals surface area (Å²) < 4.78 is 66.7. The normalized spacial score (nSPS) is 17.9. The molecular weight excluding hydrogens is 332 g/mol. The molecule has 2 aliphatic rings. The molecule has 24 heavy (non-hydrogen) atoms. The summed E-state index contributed by atoms with van der Waals surface area (Å²) in [5.41, 5.74) is 1.50. The minimum atomic E-state index is -3.51. The van der Waals surface area contributed by atoms with Crippen LogP contribution in [-0.4, -0.2) is 12.6 Å². The number of para-hydroxylation sites is 1. The second kappa shape index (κ2) is 5.47. The van der Waals surface area contributed by atoms with E-state index in [-0.39, 0.29) is 23.0 Å². The van der Waals surface area contributed by atoms with E-state index in [0.717, 1.165) is 5.56 Å². The maximum absolute atomic E-state index is 12.5. The molecule has 0 spiro atoms. The Morgan fingerprint density at radius 1 is 0.708 bits per heavy atom. The number of benzene rings is 2. The van der Waals surface area contributed by atoms with E-state index >= 15 is 0 Å². The smallest absolute Gasteiger partial charge is 0.395 e. The van der Waals surface area contributed by atoms with Crippen LogP contribution in [0.4, 0.5) is 17.6 Å². The van der Waals surface area contributed by atoms with Gasteiger partial charge in [-0.3, -0.25) is 0 Å². The van der Waals surface area contributed by atoms with Crippen molar-refractivity contribution in [3.8, 4) is 23.0 Å². The van der Waals surface area contributed by atoms with Crippen molar-refractivity contribution in [2.75, 3.05) is 0 Å². The van der Waals surface area contributed by atoms with Gasteiger partial charge < -0.3 is 18.9 Å². The van der Waals surface area contributed by atoms with Crippen molar-refractivity contribution in [1.29, 1.82) is 0 Å². The van der Waals surface area contributed by atoms with E-state index in [9.17, 15) is 17.6 Å². The molecule has 0 N–H and O–H groups in total. The van der Waals surface area contributed by atoms with Gasteiger partial charge in [-0.05, 0) is 43.2 Å². The van der Waals surface area contributed by atoms with Gasteiger partial charge in [-0.1, -0.05) is 18.2 Å². The van der Waals surface area contributed by atoms with Crippen LogP contribution in [0.1, 0.15) is 11.1 Å². The average molecular weight is 344 g/mol. The molecule has 0 saturated carbocycles. The van der Waals surface area contributed by atoms with Crippen LogP contribution in [0.2, 0.25) is 0 Å². The van der Waals surface area contributed by atoms with Gasteiger partial charge in [0, 0.05) is 0 Å². The first kappa shape index (κ1) is 16.2. The number of aryl methyl sites for hydroxylation is 2. The molecule has 0 fully saturated rings. The molecule has 0 unspecified atom stereocenters. The van der Waals surface area contributed by atoms with E-state index in [1.165, 1.54) is 18.2 Å². The molecule has 0 radical (unpaired) electrons. The lowest BCUT2D eigenvalue weighted by Gasteiger charge is -2.04. The predicted octanol–water partition coefficient (Wildman–Crippen LogP) is 4.63. The monoisotopic (exact) mass is 344 g/mol. The standard InChI is InChI=1S/2C8H6F2O2/c1-5-2-3-6-7(4-5)12-8(9,10)11-6;1-5-3-2-4-6-7(5)12-8(9,10)11-6/h2*2-4H,1H3. The number of alkyl halides is 4. The van der Waals surface area contributed by atoms with Crippen LogP contribution in [0, 0.1) is 13.8 Å². The largest absolute Gasteiger partial charge is 0.586 e. The van der Waals surface area contributed by atoms with Crippen LogP contribution in [0.5, 0.6) is 23.0 Å². The molecule has 2 aliphatic heterocycles. The minimum absolute atomic E-state index is 0.0885. The molecule has 2 aromatic carbocycles. The van der Waals surface area contributed by atoms with Gasteiger partial charge in [0.25, 0.3) is 0 Å². The third kappa shape index (κ3) is 3.32. The summed E-state index contributed by atoms with van der Waals surface area (Å²) in [4.78, 5) is 0. The van der Waals surface area contributed by atoms with E-state index in [1.807, 2.05) is 0 Å². The fourth-order valence-electron chi connectivity index (χ4n) is 2.16. The van der Waals surface area contributed by atoms with Crippen LogP contribution < -0.4 is 18.9 Å². The maximum Gasteiger partial charge on any atom is 0.586 e. The van der Waals surface area contributed by atoms with Crippen LogP contribution in [-0.2, 0) is 0 Å². The number of hydrogen-bond acceptors (Lipinski definition) is 4. The molecule has 0 bridgehead atoms. The number of fused-ring (bicyclic) bond motifs is 2. The third-order valence-corrected chi connectivity index (χ3v) is 3.18. The van der Waals surface area contributed by atoms with Gasteiger partial charge in [-0.25, -0.2) is 0 Å². The van der Waals surface area contributed by atoms with Gasteiger partial charge in [0.1, 0.15) is 0 Å². The second-order valence-electron chi connectivity index (χ2n) is 5.19. The van der Waals surface area contributed by atoms with Crippen molar-refractivity contribution in [3.05, 3.63) is 47.5 Å². The zero-order valence-corrected chi connectivity index (χ0v) is 12.6. The van der Waals surface area contributed by atoms with Crippen LogP contribution >= 0.6 is 0 Å². The summed E-state index contributed by atoms with van der Waals surface area (Å²) in [5.74, 6) is 0.410. The molecule has 4 nitrogen and oxygen atoms in total. The van der Waals surface area contributed by atoms with E-state index in [1.54, 1.807) is 32.0 Å². The summed E-state index contributed by atoms with van der Waals surface area (Å²) in [5, 5.41) is 0. The molecule has 0 saturated heterocycles. The SMILES string of the molecule is Cc1ccc2c(c1)OC(F)(F)O2.Cc1cccc2c1OC(F)(F)O2. The molecule has 0 amide bonds. The van der Waals surface area contributed by atoms with E-state index in [0.29, 0.717) is 5.56 Å². The summed E-state index contributed by atoms with van der Waals surface area (Å²) in [6.45, 7) is 3.48. The summed E-state index contributed by atoms with van der Waals surface area (Å²) in [7, 11) is 0. The lowest BCUT2D eigenvalue weighted by Crippen LogP contribution is -2.26. The van der Waals surface area contributed by atoms with Crippen molar-refractivity contribution < 1.29 is 36.5 Å². The zero-order valence-electron chi connectivity index (χ0n) is 12.6. The van der Waals surface area contributed by atoms with Gasteiger partial charge in [-0.2, -0.15) is 0 Å². The summed E-state index contributed by atoms with van der Waals surface area (Å²) >= 11 is 0. The first-order valence-corrected chi connectivity index (χ1v) is 6.87. The molecule has 2 aromatic rings. The van der Waals surface area contributed by atoms with Crippen molar-refractivity contribution in [2.45, 2.75) is 26.4 Å². The van der Waals surface area contributed by atoms with E-state index in [2.05, 4.69) is 18.9 Å². The molecule has 128 valence electrons. The highest BCUT2D eigenvalue weighted by Gasteiger charge is 2.44. The fourth-order valence-corrected chi connectivity index (χ4v) is 2.16. The van der Waals surface area contributed by atoms with Crippen molar-refractivity contribution in [2.24, 2.45) is 0 Å². The number of hydrogen-bond donors (Lipinski definition) is 0. The van der Waals surface area contributed by atoms with Gasteiger partial charge in [0.15, 0.2) is 23.0 Å². The van der Waals surface area contributed by atoms with Gasteiger partial charge in [0.05, 0.1) is 0 Å². The molecule has 0 atom stereocenters. The Labute approximate surface area is 134 Å². The van der Waals surface area contributed by atoms with Gasteiger partial charge in [-0.15, -0.1) is 17.6 Å². The maximum atomic E-state index is 12.5. The van der Waals surface area contributed by atoms with Gasteiger partial charge >= 0.3 is 12.6 Å². The van der Waals surface area contributed by atoms with Crippen molar-refractivity contribution in [1.82, 2.24) is 0 Å². The Bertz CT molecular complexity index is 777.